The first-order valence-electron chi connectivity index (χ1n) is 9.16. The average molecular weight is 370 g/mol. The number of alkyl carbamates (subject to hydrolysis) is 1. The van der Waals surface area contributed by atoms with Crippen molar-refractivity contribution in [3.63, 3.8) is 0 Å². The lowest BCUT2D eigenvalue weighted by Crippen LogP contribution is -2.57. The minimum absolute atomic E-state index is 0.127. The number of carbonyl (C=O) groups excluding carboxylic acids is 2. The van der Waals surface area contributed by atoms with Crippen molar-refractivity contribution in [2.24, 2.45) is 17.3 Å². The zero-order valence-electron chi connectivity index (χ0n) is 17.3. The van der Waals surface area contributed by atoms with Crippen LogP contribution in [-0.2, 0) is 14.3 Å². The van der Waals surface area contributed by atoms with E-state index in [0.717, 1.165) is 0 Å². The Hall–Kier alpha value is -1.79. The predicted molar refractivity (Wildman–Crippen MR) is 98.7 cm³/mol. The molecule has 0 aliphatic carbocycles. The van der Waals surface area contributed by atoms with Gasteiger partial charge in [0.25, 0.3) is 0 Å². The van der Waals surface area contributed by atoms with Crippen LogP contribution in [-0.4, -0.2) is 52.2 Å². The second-order valence-corrected chi connectivity index (χ2v) is 9.53. The van der Waals surface area contributed by atoms with Gasteiger partial charge in [0.1, 0.15) is 17.7 Å². The van der Waals surface area contributed by atoms with Crippen LogP contribution in [0.1, 0.15) is 61.8 Å². The lowest BCUT2D eigenvalue weighted by molar-refractivity contribution is -0.150. The number of carboxylic acids is 1. The summed E-state index contributed by atoms with van der Waals surface area (Å²) in [6.45, 7) is 15.2. The maximum Gasteiger partial charge on any atom is 0.408 e. The first kappa shape index (κ1) is 22.3. The van der Waals surface area contributed by atoms with Crippen LogP contribution >= 0.6 is 0 Å². The Labute approximate surface area is 156 Å². The number of likely N-dealkylation sites (tertiary alicyclic amines) is 1. The van der Waals surface area contributed by atoms with Gasteiger partial charge in [-0.25, -0.2) is 9.59 Å². The van der Waals surface area contributed by atoms with E-state index in [2.05, 4.69) is 5.32 Å². The van der Waals surface area contributed by atoms with Gasteiger partial charge in [0.2, 0.25) is 5.91 Å². The van der Waals surface area contributed by atoms with Crippen LogP contribution in [0.3, 0.4) is 0 Å². The Bertz CT molecular complexity index is 545. The van der Waals surface area contributed by atoms with Crippen molar-refractivity contribution in [3.05, 3.63) is 0 Å². The molecule has 3 atom stereocenters. The smallest absolute Gasteiger partial charge is 0.408 e. The fourth-order valence-electron chi connectivity index (χ4n) is 3.07. The minimum Gasteiger partial charge on any atom is -0.480 e. The maximum atomic E-state index is 13.2. The number of nitrogens with zero attached hydrogens (tertiary/aromatic N) is 1. The molecule has 0 aromatic rings. The summed E-state index contributed by atoms with van der Waals surface area (Å²) in [7, 11) is 0. The number of carboxylic acid groups (broad SMARTS) is 1. The number of nitrogens with one attached hydrogen (secondary N) is 1. The molecule has 1 saturated heterocycles. The van der Waals surface area contributed by atoms with Crippen molar-refractivity contribution in [2.75, 3.05) is 6.54 Å². The summed E-state index contributed by atoms with van der Waals surface area (Å²) in [5.74, 6) is -0.978. The molecular formula is C19H34N2O5. The van der Waals surface area contributed by atoms with Crippen LogP contribution < -0.4 is 5.32 Å². The first-order valence-corrected chi connectivity index (χ1v) is 9.16. The van der Waals surface area contributed by atoms with E-state index in [1.165, 1.54) is 4.90 Å². The van der Waals surface area contributed by atoms with Crippen molar-refractivity contribution in [1.82, 2.24) is 10.2 Å². The minimum atomic E-state index is -1.01. The summed E-state index contributed by atoms with van der Waals surface area (Å²) in [5, 5.41) is 12.2. The van der Waals surface area contributed by atoms with Crippen LogP contribution in [0.25, 0.3) is 0 Å². The lowest BCUT2D eigenvalue weighted by atomic mass is 9.85. The number of carbonyl (C=O) groups is 3. The van der Waals surface area contributed by atoms with E-state index in [-0.39, 0.29) is 17.7 Å². The second kappa shape index (κ2) is 7.84. The molecule has 1 aliphatic rings. The molecule has 2 N–H and O–H groups in total. The van der Waals surface area contributed by atoms with E-state index in [0.29, 0.717) is 13.0 Å². The zero-order chi connectivity index (χ0) is 20.4. The van der Waals surface area contributed by atoms with Gasteiger partial charge in [-0.3, -0.25) is 4.79 Å². The van der Waals surface area contributed by atoms with Gasteiger partial charge >= 0.3 is 12.1 Å². The zero-order valence-corrected chi connectivity index (χ0v) is 17.3. The molecular weight excluding hydrogens is 336 g/mol. The molecule has 7 nitrogen and oxygen atoms in total. The maximum absolute atomic E-state index is 13.2. The van der Waals surface area contributed by atoms with E-state index in [1.807, 2.05) is 34.6 Å². The summed E-state index contributed by atoms with van der Waals surface area (Å²) >= 11 is 0. The van der Waals surface area contributed by atoms with Crippen molar-refractivity contribution >= 4 is 18.0 Å². The molecule has 2 unspecified atom stereocenters. The number of rotatable bonds is 4. The predicted octanol–water partition coefficient (Wildman–Crippen LogP) is 2.88. The highest BCUT2D eigenvalue weighted by atomic mass is 16.6. The number of hydrogen-bond donors (Lipinski definition) is 2. The summed E-state index contributed by atoms with van der Waals surface area (Å²) < 4.78 is 5.27. The number of hydrogen-bond acceptors (Lipinski definition) is 4. The van der Waals surface area contributed by atoms with E-state index in [9.17, 15) is 19.5 Å². The summed E-state index contributed by atoms with van der Waals surface area (Å²) in [4.78, 5) is 38.4. The van der Waals surface area contributed by atoms with Crippen LogP contribution in [0.5, 0.6) is 0 Å². The van der Waals surface area contributed by atoms with E-state index in [4.69, 9.17) is 4.74 Å². The molecule has 1 rings (SSSR count). The molecule has 0 bridgehead atoms. The first-order chi connectivity index (χ1) is 11.6. The van der Waals surface area contributed by atoms with Crippen molar-refractivity contribution in [2.45, 2.75) is 79.5 Å². The monoisotopic (exact) mass is 370 g/mol. The lowest BCUT2D eigenvalue weighted by Gasteiger charge is -2.35. The summed E-state index contributed by atoms with van der Waals surface area (Å²) in [6, 6.07) is -1.73. The van der Waals surface area contributed by atoms with Gasteiger partial charge in [-0.2, -0.15) is 0 Å². The van der Waals surface area contributed by atoms with Crippen molar-refractivity contribution < 1.29 is 24.2 Å². The van der Waals surface area contributed by atoms with Gasteiger partial charge < -0.3 is 20.1 Å². The topological polar surface area (TPSA) is 95.9 Å². The Morgan fingerprint density at radius 2 is 1.65 bits per heavy atom. The van der Waals surface area contributed by atoms with Crippen LogP contribution in [0.15, 0.2) is 0 Å². The van der Waals surface area contributed by atoms with Gasteiger partial charge in [0.05, 0.1) is 0 Å². The van der Waals surface area contributed by atoms with Gasteiger partial charge in [0, 0.05) is 6.54 Å². The van der Waals surface area contributed by atoms with Crippen molar-refractivity contribution in [1.29, 1.82) is 0 Å². The van der Waals surface area contributed by atoms with E-state index < -0.39 is 35.2 Å². The molecule has 0 aromatic heterocycles. The van der Waals surface area contributed by atoms with Gasteiger partial charge in [-0.1, -0.05) is 34.6 Å². The molecule has 1 heterocycles. The summed E-state index contributed by atoms with van der Waals surface area (Å²) in [5.41, 5.74) is -1.28. The Morgan fingerprint density at radius 3 is 2.04 bits per heavy atom. The molecule has 0 saturated carbocycles. The van der Waals surface area contributed by atoms with Crippen LogP contribution in [0.4, 0.5) is 4.79 Å². The Kier molecular flexibility index (Phi) is 6.71. The normalized spacial score (nSPS) is 22.3. The molecule has 150 valence electrons. The standard InChI is InChI=1S/C19H34N2O5/c1-11(2)12-9-13(16(23)24)21(10-12)15(22)14(18(3,4)5)20-17(25)26-19(6,7)8/h11-14H,9-10H2,1-8H3,(H,20,25)(H,23,24)/t12-,13?,14?/m1/s1. The van der Waals surface area contributed by atoms with E-state index in [1.54, 1.807) is 20.8 Å². The molecule has 1 aliphatic heterocycles. The van der Waals surface area contributed by atoms with Crippen LogP contribution in [0, 0.1) is 17.3 Å². The fraction of sp³-hybridized carbons (Fsp3) is 0.842. The quantitative estimate of drug-likeness (QED) is 0.793. The van der Waals surface area contributed by atoms with E-state index >= 15 is 0 Å². The Morgan fingerprint density at radius 1 is 1.12 bits per heavy atom. The van der Waals surface area contributed by atoms with Gasteiger partial charge in [-0.05, 0) is 44.4 Å². The highest BCUT2D eigenvalue weighted by Crippen LogP contribution is 2.32. The average Bonchev–Trinajstić information content (AvgIpc) is 2.86. The number of amides is 2. The largest absolute Gasteiger partial charge is 0.480 e. The molecule has 7 heteroatoms. The summed E-state index contributed by atoms with van der Waals surface area (Å²) in [6.07, 6.45) is -0.251. The second-order valence-electron chi connectivity index (χ2n) is 9.53. The molecule has 1 fully saturated rings. The van der Waals surface area contributed by atoms with Crippen LogP contribution in [0.2, 0.25) is 0 Å². The highest BCUT2D eigenvalue weighted by molar-refractivity contribution is 5.90. The third kappa shape index (κ3) is 5.88. The third-order valence-electron chi connectivity index (χ3n) is 4.62. The van der Waals surface area contributed by atoms with Gasteiger partial charge in [0.15, 0.2) is 0 Å². The number of aliphatic carboxylic acids is 1. The molecule has 0 aromatic carbocycles. The number of ether oxygens (including phenoxy) is 1. The van der Waals surface area contributed by atoms with Gasteiger partial charge in [-0.15, -0.1) is 0 Å². The van der Waals surface area contributed by atoms with Crippen molar-refractivity contribution in [3.8, 4) is 0 Å². The third-order valence-corrected chi connectivity index (χ3v) is 4.62. The molecule has 0 radical (unpaired) electrons. The Balaban J connectivity index is 3.04. The fourth-order valence-corrected chi connectivity index (χ4v) is 3.07. The SMILES string of the molecule is CC(C)[C@@H]1CC(C(=O)O)N(C(=O)C(NC(=O)OC(C)(C)C)C(C)(C)C)C1. The molecule has 0 spiro atoms. The highest BCUT2D eigenvalue weighted by Gasteiger charge is 2.45. The molecule has 26 heavy (non-hydrogen) atoms. The molecule has 2 amide bonds.